The zero-order chi connectivity index (χ0) is 17.3. The highest BCUT2D eigenvalue weighted by Gasteiger charge is 2.29. The van der Waals surface area contributed by atoms with Gasteiger partial charge in [-0.15, -0.1) is 0 Å². The molecule has 130 valence electrons. The van der Waals surface area contributed by atoms with E-state index in [4.69, 9.17) is 0 Å². The Balaban J connectivity index is 1.67. The number of nitrogens with one attached hydrogen (secondary N) is 1. The second-order valence-corrected chi connectivity index (χ2v) is 9.02. The van der Waals surface area contributed by atoms with Crippen molar-refractivity contribution in [3.8, 4) is 0 Å². The summed E-state index contributed by atoms with van der Waals surface area (Å²) in [4.78, 5) is 2.72. The second-order valence-electron chi connectivity index (χ2n) is 7.04. The van der Waals surface area contributed by atoms with E-state index in [1.807, 2.05) is 0 Å². The molecule has 0 radical (unpaired) electrons. The van der Waals surface area contributed by atoms with Crippen molar-refractivity contribution in [1.82, 2.24) is 15.1 Å². The maximum atomic E-state index is 11.9. The molecule has 1 atom stereocenters. The number of aromatic nitrogens is 2. The summed E-state index contributed by atoms with van der Waals surface area (Å²) < 4.78 is 23.7. The van der Waals surface area contributed by atoms with Gasteiger partial charge in [0.1, 0.15) is 4.90 Å². The van der Waals surface area contributed by atoms with Gasteiger partial charge in [0, 0.05) is 25.3 Å². The smallest absolute Gasteiger partial charge is 0.178 e. The van der Waals surface area contributed by atoms with E-state index in [2.05, 4.69) is 53.2 Å². The molecule has 1 aromatic heterocycles. The number of benzene rings is 1. The number of rotatable bonds is 5. The maximum Gasteiger partial charge on any atom is 0.178 e. The fourth-order valence-corrected chi connectivity index (χ4v) is 4.21. The summed E-state index contributed by atoms with van der Waals surface area (Å²) in [6.45, 7) is 7.13. The van der Waals surface area contributed by atoms with Gasteiger partial charge in [0.2, 0.25) is 0 Å². The highest BCUT2D eigenvalue weighted by molar-refractivity contribution is 7.90. The fraction of sp³-hybridized carbons (Fsp3) is 0.500. The third-order valence-corrected chi connectivity index (χ3v) is 5.89. The van der Waals surface area contributed by atoms with Crippen LogP contribution in [0.15, 0.2) is 35.4 Å². The van der Waals surface area contributed by atoms with Gasteiger partial charge in [0.05, 0.1) is 11.9 Å². The second kappa shape index (κ2) is 6.69. The Morgan fingerprint density at radius 3 is 2.62 bits per heavy atom. The van der Waals surface area contributed by atoms with Gasteiger partial charge in [-0.3, -0.25) is 10.00 Å². The third kappa shape index (κ3) is 3.70. The SMILES string of the molecule is CC(C)c1ccc(CN2CC[C@@H](c3[nH]ncc3S(C)(=O)=O)C2)cc1. The first kappa shape index (κ1) is 17.2. The lowest BCUT2D eigenvalue weighted by atomic mass is 10.0. The summed E-state index contributed by atoms with van der Waals surface area (Å²) in [6, 6.07) is 8.79. The molecule has 0 unspecified atom stereocenters. The number of sulfone groups is 1. The summed E-state index contributed by atoms with van der Waals surface area (Å²) >= 11 is 0. The Morgan fingerprint density at radius 2 is 2.00 bits per heavy atom. The molecule has 1 N–H and O–H groups in total. The van der Waals surface area contributed by atoms with Crippen LogP contribution in [0.25, 0.3) is 0 Å². The van der Waals surface area contributed by atoms with Crippen molar-refractivity contribution in [2.24, 2.45) is 0 Å². The lowest BCUT2D eigenvalue weighted by molar-refractivity contribution is 0.326. The molecule has 0 spiro atoms. The van der Waals surface area contributed by atoms with Crippen molar-refractivity contribution >= 4 is 9.84 Å². The predicted molar refractivity (Wildman–Crippen MR) is 94.9 cm³/mol. The zero-order valence-electron chi connectivity index (χ0n) is 14.5. The van der Waals surface area contributed by atoms with Gasteiger partial charge in [-0.25, -0.2) is 8.42 Å². The Kier molecular flexibility index (Phi) is 4.78. The van der Waals surface area contributed by atoms with E-state index in [1.54, 1.807) is 0 Å². The Labute approximate surface area is 144 Å². The van der Waals surface area contributed by atoms with Gasteiger partial charge in [-0.05, 0) is 30.0 Å². The van der Waals surface area contributed by atoms with Crippen LogP contribution in [0, 0.1) is 0 Å². The van der Waals surface area contributed by atoms with Gasteiger partial charge in [0.15, 0.2) is 9.84 Å². The van der Waals surface area contributed by atoms with E-state index in [0.29, 0.717) is 10.8 Å². The van der Waals surface area contributed by atoms with Crippen molar-refractivity contribution in [2.45, 2.75) is 43.5 Å². The molecule has 24 heavy (non-hydrogen) atoms. The molecule has 2 heterocycles. The monoisotopic (exact) mass is 347 g/mol. The van der Waals surface area contributed by atoms with Crippen molar-refractivity contribution in [3.05, 3.63) is 47.3 Å². The normalized spacial score (nSPS) is 19.2. The molecule has 2 aromatic rings. The molecule has 1 fully saturated rings. The fourth-order valence-electron chi connectivity index (χ4n) is 3.35. The van der Waals surface area contributed by atoms with Crippen LogP contribution < -0.4 is 0 Å². The van der Waals surface area contributed by atoms with Crippen molar-refractivity contribution in [2.75, 3.05) is 19.3 Å². The van der Waals surface area contributed by atoms with Crippen LogP contribution in [-0.4, -0.2) is 42.9 Å². The minimum atomic E-state index is -3.23. The van der Waals surface area contributed by atoms with E-state index in [-0.39, 0.29) is 5.92 Å². The molecule has 6 heteroatoms. The van der Waals surface area contributed by atoms with Gasteiger partial charge >= 0.3 is 0 Å². The first-order valence-corrected chi connectivity index (χ1v) is 10.3. The highest BCUT2D eigenvalue weighted by atomic mass is 32.2. The highest BCUT2D eigenvalue weighted by Crippen LogP contribution is 2.31. The molecular weight excluding hydrogens is 322 g/mol. The Hall–Kier alpha value is -1.66. The summed E-state index contributed by atoms with van der Waals surface area (Å²) in [5, 5.41) is 6.85. The minimum Gasteiger partial charge on any atom is -0.298 e. The van der Waals surface area contributed by atoms with Crippen LogP contribution >= 0.6 is 0 Å². The van der Waals surface area contributed by atoms with E-state index in [9.17, 15) is 8.42 Å². The lowest BCUT2D eigenvalue weighted by Crippen LogP contribution is -2.20. The molecule has 1 aromatic carbocycles. The molecule has 5 nitrogen and oxygen atoms in total. The van der Waals surface area contributed by atoms with Gasteiger partial charge in [-0.1, -0.05) is 38.1 Å². The van der Waals surface area contributed by atoms with E-state index >= 15 is 0 Å². The predicted octanol–water partition coefficient (Wildman–Crippen LogP) is 2.93. The molecule has 1 saturated heterocycles. The number of hydrogen-bond acceptors (Lipinski definition) is 4. The van der Waals surface area contributed by atoms with Crippen LogP contribution in [0.2, 0.25) is 0 Å². The van der Waals surface area contributed by atoms with Gasteiger partial charge in [0.25, 0.3) is 0 Å². The van der Waals surface area contributed by atoms with Gasteiger partial charge in [-0.2, -0.15) is 5.10 Å². The lowest BCUT2D eigenvalue weighted by Gasteiger charge is -2.16. The average molecular weight is 347 g/mol. The maximum absolute atomic E-state index is 11.9. The molecule has 0 saturated carbocycles. The minimum absolute atomic E-state index is 0.201. The van der Waals surface area contributed by atoms with E-state index in [1.165, 1.54) is 23.6 Å². The number of H-pyrrole nitrogens is 1. The molecule has 0 bridgehead atoms. The zero-order valence-corrected chi connectivity index (χ0v) is 15.3. The van der Waals surface area contributed by atoms with Crippen LogP contribution in [0.4, 0.5) is 0 Å². The molecule has 1 aliphatic rings. The van der Waals surface area contributed by atoms with E-state index < -0.39 is 9.84 Å². The number of aromatic amines is 1. The quantitative estimate of drug-likeness (QED) is 0.903. The Bertz CT molecular complexity index is 794. The number of hydrogen-bond donors (Lipinski definition) is 1. The first-order chi connectivity index (χ1) is 11.3. The topological polar surface area (TPSA) is 66.1 Å². The van der Waals surface area contributed by atoms with Gasteiger partial charge < -0.3 is 0 Å². The summed E-state index contributed by atoms with van der Waals surface area (Å²) in [6.07, 6.45) is 3.62. The molecule has 0 amide bonds. The summed E-state index contributed by atoms with van der Waals surface area (Å²) in [5.74, 6) is 0.747. The third-order valence-electron chi connectivity index (χ3n) is 4.76. The average Bonchev–Trinajstić information content (AvgIpc) is 3.15. The molecule has 0 aliphatic carbocycles. The van der Waals surface area contributed by atoms with Crippen LogP contribution in [-0.2, 0) is 16.4 Å². The van der Waals surface area contributed by atoms with Crippen LogP contribution in [0.1, 0.15) is 48.9 Å². The van der Waals surface area contributed by atoms with Crippen LogP contribution in [0.5, 0.6) is 0 Å². The number of nitrogens with zero attached hydrogens (tertiary/aromatic N) is 2. The van der Waals surface area contributed by atoms with Crippen molar-refractivity contribution in [1.29, 1.82) is 0 Å². The standard InChI is InChI=1S/C18H25N3O2S/c1-13(2)15-6-4-14(5-7-15)11-21-9-8-16(12-21)18-17(10-19-20-18)24(3,22)23/h4-7,10,13,16H,8-9,11-12H2,1-3H3,(H,19,20)/t16-/m1/s1. The summed E-state index contributed by atoms with van der Waals surface area (Å²) in [7, 11) is -3.23. The summed E-state index contributed by atoms with van der Waals surface area (Å²) in [5.41, 5.74) is 3.41. The molecular formula is C18H25N3O2S. The number of likely N-dealkylation sites (tertiary alicyclic amines) is 1. The van der Waals surface area contributed by atoms with Crippen molar-refractivity contribution in [3.63, 3.8) is 0 Å². The molecule has 3 rings (SSSR count). The van der Waals surface area contributed by atoms with Crippen molar-refractivity contribution < 1.29 is 8.42 Å². The largest absolute Gasteiger partial charge is 0.298 e. The first-order valence-electron chi connectivity index (χ1n) is 8.39. The Morgan fingerprint density at radius 1 is 1.29 bits per heavy atom. The van der Waals surface area contributed by atoms with Crippen LogP contribution in [0.3, 0.4) is 0 Å². The molecule has 1 aliphatic heterocycles. The van der Waals surface area contributed by atoms with E-state index in [0.717, 1.165) is 31.7 Å².